The highest BCUT2D eigenvalue weighted by Gasteiger charge is 2.38. The van der Waals surface area contributed by atoms with Crippen LogP contribution in [-0.2, 0) is 29.1 Å². The average Bonchev–Trinajstić information content (AvgIpc) is 3.86. The molecule has 13 nitrogen and oxygen atoms in total. The van der Waals surface area contributed by atoms with Crippen molar-refractivity contribution in [2.75, 3.05) is 46.6 Å². The normalized spacial score (nSPS) is 17.9. The SMILES string of the molecule is COCCCN(C(=O)[C@H](CC(=O)NC[C@@H]1CCCN(CNC(=O)OC=N)C1)NS(=O)(=O)c1ccc2ccccc2c1)C1CC1. The number of hydrogen-bond donors (Lipinski definition) is 4. The van der Waals surface area contributed by atoms with Crippen molar-refractivity contribution >= 4 is 45.1 Å². The lowest BCUT2D eigenvalue weighted by molar-refractivity contribution is -0.136. The van der Waals surface area contributed by atoms with Gasteiger partial charge in [-0.25, -0.2) is 13.2 Å². The van der Waals surface area contributed by atoms with Gasteiger partial charge in [-0.1, -0.05) is 30.3 Å². The van der Waals surface area contributed by atoms with E-state index in [-0.39, 0.29) is 29.9 Å². The number of carbonyl (C=O) groups is 3. The van der Waals surface area contributed by atoms with Gasteiger partial charge in [0.1, 0.15) is 6.04 Å². The second-order valence-electron chi connectivity index (χ2n) is 11.2. The predicted molar refractivity (Wildman–Crippen MR) is 164 cm³/mol. The standard InChI is InChI=1S/C30H42N6O7S/c1-42-15-5-14-36(25-10-11-25)29(38)27(34-44(40,41)26-12-9-23-7-2-3-8-24(23)16-26)17-28(37)32-18-22-6-4-13-35(19-22)21-33-30(39)43-20-31/h2-3,7-9,12,16,20,22,25,27,31,34H,4-6,10-11,13-15,17-19,21H2,1H3,(H,32,37)(H,33,39)/t22-,27-/m0/s1. The molecule has 2 aliphatic rings. The Balaban J connectivity index is 1.42. The van der Waals surface area contributed by atoms with Gasteiger partial charge in [0.05, 0.1) is 18.0 Å². The number of sulfonamides is 1. The van der Waals surface area contributed by atoms with Crippen LogP contribution in [-0.4, -0.2) is 101 Å². The summed E-state index contributed by atoms with van der Waals surface area (Å²) in [4.78, 5) is 42.2. The molecule has 0 aromatic heterocycles. The Bertz CT molecular complexity index is 1420. The third-order valence-corrected chi connectivity index (χ3v) is 9.31. The van der Waals surface area contributed by atoms with Crippen molar-refractivity contribution < 1.29 is 32.3 Å². The molecule has 2 aromatic rings. The number of fused-ring (bicyclic) bond motifs is 1. The second-order valence-corrected chi connectivity index (χ2v) is 13.0. The molecule has 2 atom stereocenters. The fraction of sp³-hybridized carbons (Fsp3) is 0.533. The lowest BCUT2D eigenvalue weighted by Crippen LogP contribution is -2.52. The molecule has 4 N–H and O–H groups in total. The topological polar surface area (TPSA) is 170 Å². The van der Waals surface area contributed by atoms with Crippen molar-refractivity contribution in [2.24, 2.45) is 5.92 Å². The molecule has 0 bridgehead atoms. The Morgan fingerprint density at radius 1 is 1.11 bits per heavy atom. The van der Waals surface area contributed by atoms with Crippen molar-refractivity contribution in [1.29, 1.82) is 5.41 Å². The van der Waals surface area contributed by atoms with Crippen LogP contribution < -0.4 is 15.4 Å². The number of hydrogen-bond acceptors (Lipinski definition) is 9. The summed E-state index contributed by atoms with van der Waals surface area (Å²) >= 11 is 0. The lowest BCUT2D eigenvalue weighted by atomic mass is 9.98. The Labute approximate surface area is 258 Å². The molecule has 0 unspecified atom stereocenters. The Morgan fingerprint density at radius 3 is 2.61 bits per heavy atom. The number of nitrogens with zero attached hydrogens (tertiary/aromatic N) is 2. The summed E-state index contributed by atoms with van der Waals surface area (Å²) in [7, 11) is -2.55. The molecule has 0 spiro atoms. The number of nitrogens with one attached hydrogen (secondary N) is 4. The van der Waals surface area contributed by atoms with Crippen molar-refractivity contribution in [3.63, 3.8) is 0 Å². The minimum atomic E-state index is -4.13. The van der Waals surface area contributed by atoms with E-state index in [1.165, 1.54) is 6.07 Å². The summed E-state index contributed by atoms with van der Waals surface area (Å²) in [5.41, 5.74) is 0. The third-order valence-electron chi connectivity index (χ3n) is 7.84. The van der Waals surface area contributed by atoms with Gasteiger partial charge in [0.2, 0.25) is 21.8 Å². The number of alkyl carbamates (subject to hydrolysis) is 1. The number of carbonyl (C=O) groups excluding carboxylic acids is 3. The zero-order valence-corrected chi connectivity index (χ0v) is 25.8. The molecule has 240 valence electrons. The predicted octanol–water partition coefficient (Wildman–Crippen LogP) is 2.02. The van der Waals surface area contributed by atoms with Crippen LogP contribution >= 0.6 is 0 Å². The molecule has 1 saturated carbocycles. The van der Waals surface area contributed by atoms with Crippen LogP contribution in [0.1, 0.15) is 38.5 Å². The monoisotopic (exact) mass is 630 g/mol. The first-order valence-corrected chi connectivity index (χ1v) is 16.4. The molecule has 14 heteroatoms. The number of benzene rings is 2. The van der Waals surface area contributed by atoms with Gasteiger partial charge in [0.15, 0.2) is 6.40 Å². The fourth-order valence-electron chi connectivity index (χ4n) is 5.46. The van der Waals surface area contributed by atoms with Gasteiger partial charge in [-0.15, -0.1) is 0 Å². The zero-order chi connectivity index (χ0) is 31.5. The van der Waals surface area contributed by atoms with Gasteiger partial charge in [-0.05, 0) is 67.5 Å². The van der Waals surface area contributed by atoms with Crippen LogP contribution in [0.4, 0.5) is 4.79 Å². The number of amides is 3. The molecule has 1 aliphatic heterocycles. The summed E-state index contributed by atoms with van der Waals surface area (Å²) in [5.74, 6) is -0.745. The molecule has 44 heavy (non-hydrogen) atoms. The minimum absolute atomic E-state index is 0.0205. The highest BCUT2D eigenvalue weighted by molar-refractivity contribution is 7.89. The van der Waals surface area contributed by atoms with Gasteiger partial charge < -0.3 is 25.0 Å². The molecule has 3 amide bonds. The molecule has 0 radical (unpaired) electrons. The minimum Gasteiger partial charge on any atom is -0.399 e. The van der Waals surface area contributed by atoms with Crippen LogP contribution in [0.2, 0.25) is 0 Å². The summed E-state index contributed by atoms with van der Waals surface area (Å²) in [5, 5.41) is 13.9. The number of likely N-dealkylation sites (tertiary alicyclic amines) is 1. The van der Waals surface area contributed by atoms with Crippen molar-refractivity contribution in [3.05, 3.63) is 42.5 Å². The maximum Gasteiger partial charge on any atom is 0.414 e. The van der Waals surface area contributed by atoms with Gasteiger partial charge in [0.25, 0.3) is 0 Å². The van der Waals surface area contributed by atoms with Crippen molar-refractivity contribution in [1.82, 2.24) is 25.2 Å². The van der Waals surface area contributed by atoms with Crippen LogP contribution in [0.25, 0.3) is 10.8 Å². The first-order valence-electron chi connectivity index (χ1n) is 14.9. The third kappa shape index (κ3) is 9.71. The first kappa shape index (κ1) is 33.3. The maximum absolute atomic E-state index is 13.8. The van der Waals surface area contributed by atoms with E-state index in [4.69, 9.17) is 10.1 Å². The van der Waals surface area contributed by atoms with E-state index in [2.05, 4.69) is 20.1 Å². The zero-order valence-electron chi connectivity index (χ0n) is 25.0. The second kappa shape index (κ2) is 15.9. The molecule has 1 saturated heterocycles. The molecule has 1 aliphatic carbocycles. The van der Waals surface area contributed by atoms with E-state index in [0.717, 1.165) is 43.0 Å². The van der Waals surface area contributed by atoms with Crippen LogP contribution in [0.3, 0.4) is 0 Å². The van der Waals surface area contributed by atoms with E-state index in [1.807, 2.05) is 29.2 Å². The molecule has 1 heterocycles. The lowest BCUT2D eigenvalue weighted by Gasteiger charge is -2.32. The van der Waals surface area contributed by atoms with Crippen LogP contribution in [0.5, 0.6) is 0 Å². The summed E-state index contributed by atoms with van der Waals surface area (Å²) in [6.45, 7) is 2.86. The first-order chi connectivity index (χ1) is 21.2. The van der Waals surface area contributed by atoms with E-state index < -0.39 is 34.0 Å². The molecule has 2 fully saturated rings. The number of piperidine rings is 1. The van der Waals surface area contributed by atoms with Crippen molar-refractivity contribution in [3.8, 4) is 0 Å². The molecular formula is C30H42N6O7S. The number of ether oxygens (including phenoxy) is 2. The maximum atomic E-state index is 13.8. The van der Waals surface area contributed by atoms with E-state index in [1.54, 1.807) is 24.1 Å². The molecule has 2 aromatic carbocycles. The average molecular weight is 631 g/mol. The van der Waals surface area contributed by atoms with Crippen LogP contribution in [0.15, 0.2) is 47.4 Å². The Hall–Kier alpha value is -3.59. The van der Waals surface area contributed by atoms with Gasteiger partial charge in [0, 0.05) is 39.4 Å². The number of methoxy groups -OCH3 is 1. The largest absolute Gasteiger partial charge is 0.414 e. The highest BCUT2D eigenvalue weighted by atomic mass is 32.2. The van der Waals surface area contributed by atoms with E-state index >= 15 is 0 Å². The van der Waals surface area contributed by atoms with E-state index in [0.29, 0.717) is 39.1 Å². The molecule has 4 rings (SSSR count). The summed E-state index contributed by atoms with van der Waals surface area (Å²) < 4.78 is 39.3. The summed E-state index contributed by atoms with van der Waals surface area (Å²) in [6.07, 6.45) is 3.52. The van der Waals surface area contributed by atoms with Crippen molar-refractivity contribution in [2.45, 2.75) is 55.5 Å². The van der Waals surface area contributed by atoms with Gasteiger partial charge in [-0.3, -0.25) is 19.9 Å². The molecular weight excluding hydrogens is 588 g/mol. The smallest absolute Gasteiger partial charge is 0.399 e. The Kier molecular flexibility index (Phi) is 12.1. The Morgan fingerprint density at radius 2 is 1.89 bits per heavy atom. The van der Waals surface area contributed by atoms with E-state index in [9.17, 15) is 22.8 Å². The highest BCUT2D eigenvalue weighted by Crippen LogP contribution is 2.28. The fourth-order valence-corrected chi connectivity index (χ4v) is 6.68. The van der Waals surface area contributed by atoms with Gasteiger partial charge >= 0.3 is 6.09 Å². The van der Waals surface area contributed by atoms with Crippen LogP contribution in [0, 0.1) is 11.3 Å². The summed E-state index contributed by atoms with van der Waals surface area (Å²) in [6, 6.07) is 10.9. The number of rotatable bonds is 16. The van der Waals surface area contributed by atoms with Gasteiger partial charge in [-0.2, -0.15) is 4.72 Å². The quantitative estimate of drug-likeness (QED) is 0.124.